The van der Waals surface area contributed by atoms with Gasteiger partial charge in [-0.25, -0.2) is 0 Å². The highest BCUT2D eigenvalue weighted by molar-refractivity contribution is 9.09. The highest BCUT2D eigenvalue weighted by Crippen LogP contribution is 2.42. The van der Waals surface area contributed by atoms with E-state index in [9.17, 15) is 10.3 Å². The number of fused-ring (bicyclic) bond motifs is 1. The van der Waals surface area contributed by atoms with Crippen molar-refractivity contribution in [3.8, 4) is 5.75 Å². The maximum atomic E-state index is 11.1. The maximum absolute atomic E-state index is 11.1. The summed E-state index contributed by atoms with van der Waals surface area (Å²) in [4.78, 5) is -0.194. The van der Waals surface area contributed by atoms with Gasteiger partial charge in [0.05, 0.1) is 10.9 Å². The maximum Gasteiger partial charge on any atom is 0.222 e. The summed E-state index contributed by atoms with van der Waals surface area (Å²) < 4.78 is 6.32. The summed E-state index contributed by atoms with van der Waals surface area (Å²) in [6, 6.07) is 1.58. The molecule has 5 heteroatoms. The Morgan fingerprint density at radius 2 is 2.27 bits per heavy atom. The van der Waals surface area contributed by atoms with Gasteiger partial charge in [-0.2, -0.15) is 4.73 Å². The zero-order valence-corrected chi connectivity index (χ0v) is 10.1. The van der Waals surface area contributed by atoms with Crippen molar-refractivity contribution < 1.29 is 14.6 Å². The van der Waals surface area contributed by atoms with E-state index < -0.39 is 11.7 Å². The van der Waals surface area contributed by atoms with Crippen LogP contribution in [0.1, 0.15) is 25.5 Å². The quantitative estimate of drug-likeness (QED) is 0.440. The molecule has 0 aliphatic carbocycles. The third-order valence-corrected chi connectivity index (χ3v) is 4.17. The van der Waals surface area contributed by atoms with Crippen LogP contribution in [0, 0.1) is 5.21 Å². The molecule has 2 atom stereocenters. The van der Waals surface area contributed by atoms with Crippen molar-refractivity contribution in [2.75, 3.05) is 0 Å². The fraction of sp³-hybridized carbons (Fsp3) is 0.500. The van der Waals surface area contributed by atoms with Crippen molar-refractivity contribution in [3.05, 3.63) is 29.2 Å². The number of aliphatic hydroxyl groups excluding tert-OH is 1. The average Bonchev–Trinajstić information content (AvgIpc) is 2.13. The third-order valence-electron chi connectivity index (χ3n) is 2.56. The van der Waals surface area contributed by atoms with Gasteiger partial charge in [0.1, 0.15) is 5.60 Å². The normalized spacial score (nSPS) is 28.0. The Morgan fingerprint density at radius 1 is 1.60 bits per heavy atom. The number of pyridine rings is 1. The van der Waals surface area contributed by atoms with Crippen molar-refractivity contribution >= 4 is 15.9 Å². The van der Waals surface area contributed by atoms with Crippen LogP contribution < -0.4 is 9.47 Å². The summed E-state index contributed by atoms with van der Waals surface area (Å²) in [6.07, 6.45) is 2.02. The van der Waals surface area contributed by atoms with Crippen LogP contribution in [0.2, 0.25) is 0 Å². The van der Waals surface area contributed by atoms with Crippen LogP contribution in [0.15, 0.2) is 18.5 Å². The standard InChI is InChI=1S/C10H12BrNO3/c1-10(2)9(11)8(13)6-3-4-12(14)5-7(6)15-10/h3-5,8-9,13H,1-2H3/t8-,9+/m1/s1. The predicted molar refractivity (Wildman–Crippen MR) is 57.8 cm³/mol. The van der Waals surface area contributed by atoms with Crippen LogP contribution in [-0.2, 0) is 0 Å². The van der Waals surface area contributed by atoms with Gasteiger partial charge in [0.15, 0.2) is 11.9 Å². The fourth-order valence-corrected chi connectivity index (χ4v) is 2.05. The second-order valence-electron chi connectivity index (χ2n) is 4.18. The molecular formula is C10H12BrNO3. The number of alkyl halides is 1. The van der Waals surface area contributed by atoms with E-state index in [1.54, 1.807) is 6.07 Å². The minimum absolute atomic E-state index is 0.194. The van der Waals surface area contributed by atoms with Gasteiger partial charge in [0, 0.05) is 11.6 Å². The fourth-order valence-electron chi connectivity index (χ4n) is 1.68. The van der Waals surface area contributed by atoms with Crippen molar-refractivity contribution in [3.63, 3.8) is 0 Å². The van der Waals surface area contributed by atoms with Crippen LogP contribution in [0.5, 0.6) is 5.75 Å². The van der Waals surface area contributed by atoms with Gasteiger partial charge in [0.25, 0.3) is 0 Å². The topological polar surface area (TPSA) is 56.4 Å². The number of rotatable bonds is 0. The molecule has 0 spiro atoms. The van der Waals surface area contributed by atoms with E-state index in [0.717, 1.165) is 0 Å². The minimum Gasteiger partial charge on any atom is -0.619 e. The summed E-state index contributed by atoms with van der Waals surface area (Å²) in [7, 11) is 0. The molecule has 82 valence electrons. The smallest absolute Gasteiger partial charge is 0.222 e. The Kier molecular flexibility index (Phi) is 2.39. The number of hydrogen-bond donors (Lipinski definition) is 1. The monoisotopic (exact) mass is 273 g/mol. The lowest BCUT2D eigenvalue weighted by molar-refractivity contribution is -0.606. The molecule has 1 aliphatic heterocycles. The van der Waals surface area contributed by atoms with Crippen LogP contribution >= 0.6 is 15.9 Å². The van der Waals surface area contributed by atoms with Gasteiger partial charge < -0.3 is 15.1 Å². The van der Waals surface area contributed by atoms with Gasteiger partial charge in [0.2, 0.25) is 6.20 Å². The number of hydrogen-bond acceptors (Lipinski definition) is 3. The molecule has 2 heterocycles. The van der Waals surface area contributed by atoms with Gasteiger partial charge in [-0.1, -0.05) is 15.9 Å². The van der Waals surface area contributed by atoms with Gasteiger partial charge in [-0.3, -0.25) is 0 Å². The van der Waals surface area contributed by atoms with Gasteiger partial charge >= 0.3 is 0 Å². The van der Waals surface area contributed by atoms with Crippen LogP contribution in [-0.4, -0.2) is 15.5 Å². The van der Waals surface area contributed by atoms with Crippen LogP contribution in [0.4, 0.5) is 0 Å². The average molecular weight is 274 g/mol. The SMILES string of the molecule is CC1(C)Oc2c[n+]([O-])ccc2[C@@H](O)[C@@H]1Br. The third kappa shape index (κ3) is 1.70. The molecule has 0 saturated carbocycles. The van der Waals surface area contributed by atoms with E-state index >= 15 is 0 Å². The Hall–Kier alpha value is -0.810. The summed E-state index contributed by atoms with van der Waals surface area (Å²) in [6.45, 7) is 3.72. The molecule has 1 N–H and O–H groups in total. The number of aliphatic hydroxyl groups is 1. The molecule has 15 heavy (non-hydrogen) atoms. The predicted octanol–water partition coefficient (Wildman–Crippen LogP) is 1.29. The number of ether oxygens (including phenoxy) is 1. The first-order valence-corrected chi connectivity index (χ1v) is 5.57. The zero-order valence-electron chi connectivity index (χ0n) is 8.48. The molecule has 0 radical (unpaired) electrons. The van der Waals surface area contributed by atoms with E-state index in [1.165, 1.54) is 12.4 Å². The second-order valence-corrected chi connectivity index (χ2v) is 5.16. The molecule has 0 bridgehead atoms. The zero-order chi connectivity index (χ0) is 11.2. The van der Waals surface area contributed by atoms with Gasteiger partial charge in [-0.05, 0) is 13.8 Å². The molecule has 0 aromatic carbocycles. The summed E-state index contributed by atoms with van der Waals surface area (Å²) >= 11 is 3.40. The van der Waals surface area contributed by atoms with E-state index in [2.05, 4.69) is 15.9 Å². The molecule has 0 amide bonds. The molecule has 2 rings (SSSR count). The summed E-state index contributed by atoms with van der Waals surface area (Å²) in [5.41, 5.74) is 0.101. The second kappa shape index (κ2) is 3.35. The lowest BCUT2D eigenvalue weighted by Crippen LogP contribution is -2.46. The first-order chi connectivity index (χ1) is 6.92. The Balaban J connectivity index is 2.50. The molecule has 1 aromatic heterocycles. The Bertz CT molecular complexity index is 394. The van der Waals surface area contributed by atoms with Crippen molar-refractivity contribution in [2.24, 2.45) is 0 Å². The largest absolute Gasteiger partial charge is 0.619 e. The number of nitrogens with zero attached hydrogens (tertiary/aromatic N) is 1. The Morgan fingerprint density at radius 3 is 2.93 bits per heavy atom. The highest BCUT2D eigenvalue weighted by atomic mass is 79.9. The first-order valence-electron chi connectivity index (χ1n) is 4.66. The molecule has 1 aromatic rings. The van der Waals surface area contributed by atoms with Crippen molar-refractivity contribution in [1.82, 2.24) is 0 Å². The molecule has 0 saturated heterocycles. The van der Waals surface area contributed by atoms with Crippen molar-refractivity contribution in [2.45, 2.75) is 30.4 Å². The summed E-state index contributed by atoms with van der Waals surface area (Å²) in [5, 5.41) is 21.1. The lowest BCUT2D eigenvalue weighted by atomic mass is 9.92. The lowest BCUT2D eigenvalue weighted by Gasteiger charge is -2.39. The highest BCUT2D eigenvalue weighted by Gasteiger charge is 2.42. The van der Waals surface area contributed by atoms with Crippen molar-refractivity contribution in [1.29, 1.82) is 0 Å². The van der Waals surface area contributed by atoms with E-state index in [0.29, 0.717) is 16.0 Å². The number of aromatic nitrogens is 1. The molecule has 4 nitrogen and oxygen atoms in total. The van der Waals surface area contributed by atoms with E-state index in [4.69, 9.17) is 4.74 Å². The molecule has 1 aliphatic rings. The minimum atomic E-state index is -0.662. The van der Waals surface area contributed by atoms with E-state index in [-0.39, 0.29) is 4.83 Å². The summed E-state index contributed by atoms with van der Waals surface area (Å²) in [5.74, 6) is 0.445. The molecular weight excluding hydrogens is 262 g/mol. The molecule has 0 fully saturated rings. The van der Waals surface area contributed by atoms with Crippen LogP contribution in [0.25, 0.3) is 0 Å². The Labute approximate surface area is 96.2 Å². The molecule has 0 unspecified atom stereocenters. The van der Waals surface area contributed by atoms with Crippen LogP contribution in [0.3, 0.4) is 0 Å². The van der Waals surface area contributed by atoms with Gasteiger partial charge in [-0.15, -0.1) is 0 Å². The van der Waals surface area contributed by atoms with E-state index in [1.807, 2.05) is 13.8 Å². The first kappa shape index (κ1) is 10.7. The number of halogens is 1.